The molecule has 2 N–H and O–H groups in total. The van der Waals surface area contributed by atoms with Gasteiger partial charge in [0.1, 0.15) is 18.2 Å². The summed E-state index contributed by atoms with van der Waals surface area (Å²) in [5.74, 6) is -4.98. The summed E-state index contributed by atoms with van der Waals surface area (Å²) in [4.78, 5) is 29.3. The van der Waals surface area contributed by atoms with E-state index < -0.39 is 30.8 Å². The molecule has 0 aliphatic heterocycles. The van der Waals surface area contributed by atoms with Gasteiger partial charge in [-0.15, -0.1) is 0 Å². The number of hydrogen-bond acceptors (Lipinski definition) is 4. The van der Waals surface area contributed by atoms with Gasteiger partial charge in [0.2, 0.25) is 0 Å². The van der Waals surface area contributed by atoms with Crippen LogP contribution in [0.3, 0.4) is 0 Å². The van der Waals surface area contributed by atoms with E-state index in [0.717, 1.165) is 4.47 Å². The summed E-state index contributed by atoms with van der Waals surface area (Å²) in [5.41, 5.74) is 2.62. The number of benzene rings is 3. The molecule has 216 valence electrons. The summed E-state index contributed by atoms with van der Waals surface area (Å²) in [7, 11) is 1.71. The van der Waals surface area contributed by atoms with Crippen LogP contribution in [-0.2, 0) is 24.8 Å². The predicted molar refractivity (Wildman–Crippen MR) is 151 cm³/mol. The van der Waals surface area contributed by atoms with Gasteiger partial charge < -0.3 is 19.9 Å². The second-order valence-corrected chi connectivity index (χ2v) is 10.6. The largest absolute Gasteiger partial charge is 0.487 e. The van der Waals surface area contributed by atoms with Crippen LogP contribution in [-0.4, -0.2) is 40.3 Å². The first kappa shape index (κ1) is 30.3. The maximum Gasteiger partial charge on any atom is 0.321 e. The van der Waals surface area contributed by atoms with Crippen molar-refractivity contribution in [2.45, 2.75) is 32.2 Å². The van der Waals surface area contributed by atoms with Gasteiger partial charge in [-0.1, -0.05) is 39.7 Å². The third-order valence-corrected chi connectivity index (χ3v) is 6.99. The molecule has 0 atom stereocenters. The van der Waals surface area contributed by atoms with E-state index in [9.17, 15) is 27.2 Å². The van der Waals surface area contributed by atoms with Crippen molar-refractivity contribution in [1.82, 2.24) is 14.9 Å². The average Bonchev–Trinajstić information content (AvgIpc) is 3.21. The minimum atomic E-state index is -3.51. The summed E-state index contributed by atoms with van der Waals surface area (Å²) in [6.45, 7) is -0.518. The van der Waals surface area contributed by atoms with Crippen molar-refractivity contribution in [1.29, 1.82) is 0 Å². The molecule has 0 radical (unpaired) electrons. The summed E-state index contributed by atoms with van der Waals surface area (Å²) in [5, 5.41) is 5.30. The number of anilines is 1. The summed E-state index contributed by atoms with van der Waals surface area (Å²) in [6, 6.07) is 14.6. The van der Waals surface area contributed by atoms with Crippen molar-refractivity contribution in [3.63, 3.8) is 0 Å². The minimum absolute atomic E-state index is 0.0224. The molecule has 3 aromatic carbocycles. The van der Waals surface area contributed by atoms with Crippen LogP contribution in [0.2, 0.25) is 5.02 Å². The fourth-order valence-corrected chi connectivity index (χ4v) is 4.44. The smallest absolute Gasteiger partial charge is 0.321 e. The standard InChI is InChI=1S/C28H24BrClF4N4O3/c1-28(33,34)27(40)35-13-15-3-8-20(30)16(9-15)10-25-37-21-11-19(26(39)36-18-6-4-17(29)5-7-18)23(41-14-24(31)32)12-22(21)38(25)2/h3-9,11-12,24H,10,13-14H2,1-2H3,(H,35,40)(H,36,39). The zero-order chi connectivity index (χ0) is 29.9. The maximum absolute atomic E-state index is 13.2. The zero-order valence-corrected chi connectivity index (χ0v) is 24.1. The number of rotatable bonds is 10. The van der Waals surface area contributed by atoms with Crippen LogP contribution in [0.4, 0.5) is 23.2 Å². The highest BCUT2D eigenvalue weighted by atomic mass is 79.9. The number of imidazole rings is 1. The van der Waals surface area contributed by atoms with Crippen molar-refractivity contribution < 1.29 is 31.9 Å². The van der Waals surface area contributed by atoms with Crippen molar-refractivity contribution in [2.24, 2.45) is 7.05 Å². The number of nitrogens with one attached hydrogen (secondary N) is 2. The Balaban J connectivity index is 1.64. The van der Waals surface area contributed by atoms with Gasteiger partial charge in [-0.05, 0) is 47.5 Å². The third kappa shape index (κ3) is 7.56. The van der Waals surface area contributed by atoms with E-state index in [1.165, 1.54) is 12.1 Å². The highest BCUT2D eigenvalue weighted by Gasteiger charge is 2.31. The molecule has 1 heterocycles. The molecule has 0 spiro atoms. The molecular weight excluding hydrogens is 632 g/mol. The van der Waals surface area contributed by atoms with Gasteiger partial charge in [0.15, 0.2) is 0 Å². The van der Waals surface area contributed by atoms with E-state index in [1.54, 1.807) is 54.1 Å². The molecule has 0 saturated heterocycles. The maximum atomic E-state index is 13.2. The van der Waals surface area contributed by atoms with Gasteiger partial charge in [-0.2, -0.15) is 8.78 Å². The topological polar surface area (TPSA) is 85.2 Å². The van der Waals surface area contributed by atoms with E-state index >= 15 is 0 Å². The number of aryl methyl sites for hydroxylation is 1. The molecule has 41 heavy (non-hydrogen) atoms. The Kier molecular flexibility index (Phi) is 9.23. The Bertz CT molecular complexity index is 1590. The molecule has 0 bridgehead atoms. The molecule has 4 aromatic rings. The van der Waals surface area contributed by atoms with Crippen LogP contribution in [0.5, 0.6) is 5.75 Å². The summed E-state index contributed by atoms with van der Waals surface area (Å²) in [6.07, 6.45) is -2.54. The van der Waals surface area contributed by atoms with E-state index in [4.69, 9.17) is 16.3 Å². The number of carbonyl (C=O) groups excluding carboxylic acids is 2. The Morgan fingerprint density at radius 1 is 1.12 bits per heavy atom. The van der Waals surface area contributed by atoms with Crippen LogP contribution in [0.25, 0.3) is 11.0 Å². The van der Waals surface area contributed by atoms with Crippen LogP contribution in [0.1, 0.15) is 34.2 Å². The molecule has 2 amide bonds. The van der Waals surface area contributed by atoms with Gasteiger partial charge in [-0.3, -0.25) is 9.59 Å². The first-order valence-electron chi connectivity index (χ1n) is 12.2. The van der Waals surface area contributed by atoms with Crippen LogP contribution < -0.4 is 15.4 Å². The second kappa shape index (κ2) is 12.5. The Morgan fingerprint density at radius 2 is 1.83 bits per heavy atom. The molecule has 0 aliphatic rings. The van der Waals surface area contributed by atoms with Gasteiger partial charge in [-0.25, -0.2) is 13.8 Å². The number of fused-ring (bicyclic) bond motifs is 1. The SMILES string of the molecule is Cn1c(Cc2cc(CNC(=O)C(C)(F)F)ccc2Cl)nc2cc(C(=O)Nc3ccc(Br)cc3)c(OCC(F)F)cc21. The minimum Gasteiger partial charge on any atom is -0.487 e. The number of nitrogens with zero attached hydrogens (tertiary/aromatic N) is 2. The Hall–Kier alpha value is -3.64. The number of ether oxygens (including phenoxy) is 1. The Labute approximate surface area is 246 Å². The summed E-state index contributed by atoms with van der Waals surface area (Å²) < 4.78 is 60.2. The lowest BCUT2D eigenvalue weighted by Crippen LogP contribution is -2.37. The first-order valence-corrected chi connectivity index (χ1v) is 13.4. The molecular formula is C28H24BrClF4N4O3. The lowest BCUT2D eigenvalue weighted by molar-refractivity contribution is -0.143. The quantitative estimate of drug-likeness (QED) is 0.185. The van der Waals surface area contributed by atoms with E-state index in [1.807, 2.05) is 0 Å². The molecule has 13 heteroatoms. The predicted octanol–water partition coefficient (Wildman–Crippen LogP) is 6.75. The van der Waals surface area contributed by atoms with Crippen molar-refractivity contribution in [2.75, 3.05) is 11.9 Å². The van der Waals surface area contributed by atoms with E-state index in [-0.39, 0.29) is 24.3 Å². The molecule has 0 saturated carbocycles. The van der Waals surface area contributed by atoms with Gasteiger partial charge >= 0.3 is 5.92 Å². The fraction of sp³-hybridized carbons (Fsp3) is 0.250. The van der Waals surface area contributed by atoms with Gasteiger partial charge in [0, 0.05) is 48.2 Å². The van der Waals surface area contributed by atoms with E-state index in [0.29, 0.717) is 45.6 Å². The van der Waals surface area contributed by atoms with Crippen LogP contribution in [0.15, 0.2) is 59.1 Å². The highest BCUT2D eigenvalue weighted by Crippen LogP contribution is 2.30. The molecule has 7 nitrogen and oxygen atoms in total. The lowest BCUT2D eigenvalue weighted by Gasteiger charge is -2.13. The number of halogens is 6. The van der Waals surface area contributed by atoms with Crippen LogP contribution >= 0.6 is 27.5 Å². The molecule has 4 rings (SSSR count). The first-order chi connectivity index (χ1) is 19.3. The zero-order valence-electron chi connectivity index (χ0n) is 21.8. The number of aromatic nitrogens is 2. The number of hydrogen-bond donors (Lipinski definition) is 2. The number of amides is 2. The third-order valence-electron chi connectivity index (χ3n) is 6.10. The normalized spacial score (nSPS) is 11.6. The lowest BCUT2D eigenvalue weighted by atomic mass is 10.1. The summed E-state index contributed by atoms with van der Waals surface area (Å²) >= 11 is 9.72. The van der Waals surface area contributed by atoms with E-state index in [2.05, 4.69) is 31.5 Å². The molecule has 0 unspecified atom stereocenters. The van der Waals surface area contributed by atoms with Crippen LogP contribution in [0, 0.1) is 0 Å². The highest BCUT2D eigenvalue weighted by molar-refractivity contribution is 9.10. The van der Waals surface area contributed by atoms with Gasteiger partial charge in [0.25, 0.3) is 18.2 Å². The van der Waals surface area contributed by atoms with Gasteiger partial charge in [0.05, 0.1) is 16.6 Å². The molecule has 0 aliphatic carbocycles. The average molecular weight is 656 g/mol. The molecule has 0 fully saturated rings. The molecule has 1 aromatic heterocycles. The number of alkyl halides is 4. The van der Waals surface area contributed by atoms with Crippen molar-refractivity contribution in [3.05, 3.63) is 86.6 Å². The monoisotopic (exact) mass is 654 g/mol. The second-order valence-electron chi connectivity index (χ2n) is 9.26. The fourth-order valence-electron chi connectivity index (χ4n) is 3.99. The van der Waals surface area contributed by atoms with Crippen molar-refractivity contribution in [3.8, 4) is 5.75 Å². The Morgan fingerprint density at radius 3 is 2.49 bits per heavy atom. The number of carbonyl (C=O) groups is 2. The van der Waals surface area contributed by atoms with Crippen molar-refractivity contribution >= 4 is 56.1 Å².